The minimum atomic E-state index is -0.511. The number of halogens is 1. The molecule has 108 valence electrons. The fourth-order valence-corrected chi connectivity index (χ4v) is 1.78. The normalized spacial score (nSPS) is 10.9. The summed E-state index contributed by atoms with van der Waals surface area (Å²) in [5.41, 5.74) is 2.09. The number of rotatable bonds is 4. The number of aromatic nitrogens is 2. The third-order valence-electron chi connectivity index (χ3n) is 2.87. The van der Waals surface area contributed by atoms with Crippen molar-refractivity contribution < 1.29 is 9.18 Å². The molecule has 21 heavy (non-hydrogen) atoms. The summed E-state index contributed by atoms with van der Waals surface area (Å²) in [7, 11) is 3.73. The summed E-state index contributed by atoms with van der Waals surface area (Å²) in [6, 6.07) is 2.80. The molecule has 2 aromatic rings. The maximum atomic E-state index is 14.1. The Kier molecular flexibility index (Phi) is 4.42. The zero-order valence-corrected chi connectivity index (χ0v) is 12.2. The van der Waals surface area contributed by atoms with E-state index in [-0.39, 0.29) is 5.56 Å². The molecule has 0 saturated heterocycles. The Labute approximate surface area is 123 Å². The van der Waals surface area contributed by atoms with Crippen molar-refractivity contribution in [3.8, 4) is 11.4 Å². The number of carbonyl (C=O) groups excluding carboxylic acids is 1. The number of carbonyl (C=O) groups is 1. The van der Waals surface area contributed by atoms with Crippen LogP contribution < -0.4 is 0 Å². The van der Waals surface area contributed by atoms with Gasteiger partial charge in [-0.15, -0.1) is 0 Å². The van der Waals surface area contributed by atoms with Crippen molar-refractivity contribution in [2.75, 3.05) is 14.1 Å². The van der Waals surface area contributed by atoms with Crippen LogP contribution in [0.5, 0.6) is 0 Å². The van der Waals surface area contributed by atoms with Crippen molar-refractivity contribution in [2.24, 2.45) is 0 Å². The van der Waals surface area contributed by atoms with Crippen molar-refractivity contribution in [3.63, 3.8) is 0 Å². The second kappa shape index (κ2) is 6.26. The van der Waals surface area contributed by atoms with E-state index in [1.165, 1.54) is 6.07 Å². The van der Waals surface area contributed by atoms with Crippen LogP contribution in [0, 0.1) is 12.7 Å². The molecule has 0 aliphatic carbocycles. The van der Waals surface area contributed by atoms with Gasteiger partial charge in [0.05, 0.1) is 5.56 Å². The number of aldehydes is 1. The van der Waals surface area contributed by atoms with Crippen LogP contribution in [0.4, 0.5) is 4.39 Å². The van der Waals surface area contributed by atoms with Gasteiger partial charge in [-0.3, -0.25) is 4.79 Å². The zero-order chi connectivity index (χ0) is 15.4. The first-order chi connectivity index (χ1) is 10.0. The van der Waals surface area contributed by atoms with E-state index in [4.69, 9.17) is 0 Å². The number of aryl methyl sites for hydroxylation is 1. The van der Waals surface area contributed by atoms with Gasteiger partial charge >= 0.3 is 0 Å². The molecule has 1 heterocycles. The number of hydrogen-bond donors (Lipinski definition) is 0. The Morgan fingerprint density at radius 2 is 1.81 bits per heavy atom. The zero-order valence-electron chi connectivity index (χ0n) is 12.2. The fourth-order valence-electron chi connectivity index (χ4n) is 1.78. The van der Waals surface area contributed by atoms with Crippen LogP contribution in [0.1, 0.15) is 21.5 Å². The molecular formula is C16H16FN3O. The molecule has 4 nitrogen and oxygen atoms in total. The lowest BCUT2D eigenvalue weighted by Crippen LogP contribution is -2.01. The Morgan fingerprint density at radius 3 is 2.38 bits per heavy atom. The molecule has 0 N–H and O–H groups in total. The van der Waals surface area contributed by atoms with E-state index < -0.39 is 5.82 Å². The minimum Gasteiger partial charge on any atom is -0.383 e. The number of nitrogens with zero attached hydrogens (tertiary/aromatic N) is 3. The molecule has 0 atom stereocenters. The van der Waals surface area contributed by atoms with Gasteiger partial charge in [-0.1, -0.05) is 0 Å². The van der Waals surface area contributed by atoms with Crippen LogP contribution in [0.15, 0.2) is 30.7 Å². The first kappa shape index (κ1) is 14.8. The van der Waals surface area contributed by atoms with Gasteiger partial charge in [-0.2, -0.15) is 0 Å². The Hall–Kier alpha value is -2.56. The van der Waals surface area contributed by atoms with E-state index in [1.807, 2.05) is 25.9 Å². The van der Waals surface area contributed by atoms with Crippen LogP contribution in [0.3, 0.4) is 0 Å². The second-order valence-electron chi connectivity index (χ2n) is 4.94. The highest BCUT2D eigenvalue weighted by atomic mass is 19.1. The highest BCUT2D eigenvalue weighted by molar-refractivity contribution is 5.83. The largest absolute Gasteiger partial charge is 0.383 e. The summed E-state index contributed by atoms with van der Waals surface area (Å²) < 4.78 is 14.1. The van der Waals surface area contributed by atoms with E-state index in [9.17, 15) is 9.18 Å². The van der Waals surface area contributed by atoms with Gasteiger partial charge in [0.1, 0.15) is 5.82 Å². The van der Waals surface area contributed by atoms with Crippen molar-refractivity contribution in [1.29, 1.82) is 0 Å². The average molecular weight is 285 g/mol. The van der Waals surface area contributed by atoms with Crippen LogP contribution in [-0.2, 0) is 0 Å². The van der Waals surface area contributed by atoms with Gasteiger partial charge in [0.15, 0.2) is 12.1 Å². The second-order valence-corrected chi connectivity index (χ2v) is 4.94. The number of benzene rings is 1. The predicted molar refractivity (Wildman–Crippen MR) is 80.3 cm³/mol. The van der Waals surface area contributed by atoms with Crippen LogP contribution in [-0.4, -0.2) is 35.2 Å². The molecule has 1 aromatic carbocycles. The monoisotopic (exact) mass is 285 g/mol. The van der Waals surface area contributed by atoms with Gasteiger partial charge in [0.2, 0.25) is 0 Å². The lowest BCUT2D eigenvalue weighted by Gasteiger charge is -2.08. The van der Waals surface area contributed by atoms with Crippen LogP contribution in [0.2, 0.25) is 0 Å². The van der Waals surface area contributed by atoms with Gasteiger partial charge in [-0.05, 0) is 42.5 Å². The Bertz CT molecular complexity index is 679. The van der Waals surface area contributed by atoms with Crippen LogP contribution in [0.25, 0.3) is 17.5 Å². The predicted octanol–water partition coefficient (Wildman–Crippen LogP) is 2.94. The first-order valence-corrected chi connectivity index (χ1v) is 6.43. The van der Waals surface area contributed by atoms with E-state index in [2.05, 4.69) is 9.97 Å². The van der Waals surface area contributed by atoms with Crippen molar-refractivity contribution in [1.82, 2.24) is 14.9 Å². The summed E-state index contributed by atoms with van der Waals surface area (Å²) in [5, 5.41) is 0. The van der Waals surface area contributed by atoms with E-state index in [0.29, 0.717) is 23.2 Å². The highest BCUT2D eigenvalue weighted by Crippen LogP contribution is 2.24. The molecule has 0 bridgehead atoms. The molecule has 2 rings (SSSR count). The lowest BCUT2D eigenvalue weighted by atomic mass is 10.0. The third kappa shape index (κ3) is 3.51. The smallest absolute Gasteiger partial charge is 0.162 e. The molecule has 0 unspecified atom stereocenters. The van der Waals surface area contributed by atoms with Gasteiger partial charge in [-0.25, -0.2) is 14.4 Å². The SMILES string of the molecule is Cc1cnc(-c2cc(/C=C\N(C)C)c(C=O)cc2F)nc1. The average Bonchev–Trinajstić information content (AvgIpc) is 2.46. The lowest BCUT2D eigenvalue weighted by molar-refractivity contribution is 0.112. The molecule has 0 radical (unpaired) electrons. The molecule has 1 aromatic heterocycles. The van der Waals surface area contributed by atoms with Gasteiger partial charge in [0, 0.05) is 32.1 Å². The van der Waals surface area contributed by atoms with E-state index in [0.717, 1.165) is 5.56 Å². The summed E-state index contributed by atoms with van der Waals surface area (Å²) in [5.74, 6) is -0.210. The molecule has 0 spiro atoms. The highest BCUT2D eigenvalue weighted by Gasteiger charge is 2.12. The van der Waals surface area contributed by atoms with Gasteiger partial charge in [0.25, 0.3) is 0 Å². The molecule has 0 aliphatic heterocycles. The molecular weight excluding hydrogens is 269 g/mol. The summed E-state index contributed by atoms with van der Waals surface area (Å²) in [4.78, 5) is 21.2. The topological polar surface area (TPSA) is 46.1 Å². The third-order valence-corrected chi connectivity index (χ3v) is 2.87. The Balaban J connectivity index is 2.54. The van der Waals surface area contributed by atoms with Gasteiger partial charge < -0.3 is 4.90 Å². The molecule has 0 aliphatic rings. The standard InChI is InChI=1S/C16H16FN3O/c1-11-8-18-16(19-9-11)14-6-12(4-5-20(2)3)13(10-21)7-15(14)17/h4-10H,1-3H3/b5-4-. The van der Waals surface area contributed by atoms with E-state index >= 15 is 0 Å². The molecule has 0 saturated carbocycles. The molecule has 0 amide bonds. The summed E-state index contributed by atoms with van der Waals surface area (Å²) >= 11 is 0. The molecule has 0 fully saturated rings. The summed E-state index contributed by atoms with van der Waals surface area (Å²) in [6.07, 6.45) is 7.44. The van der Waals surface area contributed by atoms with Crippen molar-refractivity contribution >= 4 is 12.4 Å². The molecule has 5 heteroatoms. The maximum Gasteiger partial charge on any atom is 0.162 e. The van der Waals surface area contributed by atoms with Crippen molar-refractivity contribution in [3.05, 3.63) is 53.2 Å². The summed E-state index contributed by atoms with van der Waals surface area (Å²) in [6.45, 7) is 1.86. The first-order valence-electron chi connectivity index (χ1n) is 6.43. The maximum absolute atomic E-state index is 14.1. The fraction of sp³-hybridized carbons (Fsp3) is 0.188. The Morgan fingerprint density at radius 1 is 1.14 bits per heavy atom. The quantitative estimate of drug-likeness (QED) is 0.810. The van der Waals surface area contributed by atoms with Crippen LogP contribution >= 0.6 is 0 Å². The minimum absolute atomic E-state index is 0.277. The number of hydrogen-bond acceptors (Lipinski definition) is 4. The van der Waals surface area contributed by atoms with Crippen molar-refractivity contribution in [2.45, 2.75) is 6.92 Å². The van der Waals surface area contributed by atoms with E-state index in [1.54, 1.807) is 30.7 Å².